The maximum absolute atomic E-state index is 8.41. The van der Waals surface area contributed by atoms with Gasteiger partial charge in [-0.25, -0.2) is 0 Å². The summed E-state index contributed by atoms with van der Waals surface area (Å²) in [7, 11) is 0. The number of nitrogens with one attached hydrogen (secondary N) is 1. The molecule has 1 fully saturated rings. The number of hydrogen-bond acceptors (Lipinski definition) is 3. The Hall–Kier alpha value is -0.770. The molecule has 1 saturated carbocycles. The molecule has 0 heterocycles. The first-order chi connectivity index (χ1) is 8.27. The Morgan fingerprint density at radius 2 is 2.12 bits per heavy atom. The first-order valence-corrected chi connectivity index (χ1v) is 6.97. The highest BCUT2D eigenvalue weighted by Crippen LogP contribution is 2.26. The van der Waals surface area contributed by atoms with Crippen molar-refractivity contribution in [2.24, 2.45) is 16.8 Å². The summed E-state index contributed by atoms with van der Waals surface area (Å²) in [5.41, 5.74) is 5.42. The van der Waals surface area contributed by atoms with Gasteiger partial charge in [0, 0.05) is 12.5 Å². The predicted octanol–water partition coefficient (Wildman–Crippen LogP) is 2.46. The summed E-state index contributed by atoms with van der Waals surface area (Å²) in [4.78, 5) is 0. The number of hydrogen-bond donors (Lipinski definition) is 3. The van der Waals surface area contributed by atoms with Gasteiger partial charge in [-0.15, -0.1) is 0 Å². The fraction of sp³-hybridized carbons (Fsp3) is 0.923. The summed E-state index contributed by atoms with van der Waals surface area (Å²) in [6.07, 6.45) is 9.58. The van der Waals surface area contributed by atoms with Crippen LogP contribution in [0.5, 0.6) is 0 Å². The van der Waals surface area contributed by atoms with Crippen molar-refractivity contribution in [1.29, 1.82) is 0 Å². The van der Waals surface area contributed by atoms with Crippen LogP contribution in [0.3, 0.4) is 0 Å². The van der Waals surface area contributed by atoms with E-state index in [9.17, 15) is 0 Å². The van der Waals surface area contributed by atoms with Gasteiger partial charge >= 0.3 is 0 Å². The fourth-order valence-corrected chi connectivity index (χ4v) is 2.73. The molecule has 1 aliphatic rings. The van der Waals surface area contributed by atoms with E-state index in [2.05, 4.69) is 17.4 Å². The van der Waals surface area contributed by atoms with E-state index in [1.807, 2.05) is 0 Å². The number of oxime groups is 1. The van der Waals surface area contributed by atoms with Crippen LogP contribution in [0, 0.1) is 5.92 Å². The number of unbranched alkanes of at least 4 members (excludes halogenated alkanes) is 1. The Balaban J connectivity index is 2.08. The van der Waals surface area contributed by atoms with Crippen molar-refractivity contribution in [3.8, 4) is 0 Å². The van der Waals surface area contributed by atoms with E-state index in [0.717, 1.165) is 31.3 Å². The van der Waals surface area contributed by atoms with Crippen molar-refractivity contribution in [2.75, 3.05) is 6.54 Å². The van der Waals surface area contributed by atoms with Crippen LogP contribution in [0.1, 0.15) is 58.3 Å². The minimum absolute atomic E-state index is 0.342. The maximum Gasteiger partial charge on any atom is 0.139 e. The standard InChI is InChI=1S/C13H27N3O/c1-2-11-7-3-4-8-12(11)15-10-6-5-9-13(14)16-17/h11-12,15,17H,2-10H2,1H3,(H2,14,16). The molecule has 0 aromatic rings. The summed E-state index contributed by atoms with van der Waals surface area (Å²) in [5, 5.41) is 15.1. The predicted molar refractivity (Wildman–Crippen MR) is 71.3 cm³/mol. The summed E-state index contributed by atoms with van der Waals surface area (Å²) < 4.78 is 0. The van der Waals surface area contributed by atoms with Crippen LogP contribution in [0.2, 0.25) is 0 Å². The third-order valence-corrected chi connectivity index (χ3v) is 3.83. The molecule has 0 aromatic carbocycles. The minimum atomic E-state index is 0.342. The Bertz CT molecular complexity index is 231. The molecule has 17 heavy (non-hydrogen) atoms. The zero-order valence-corrected chi connectivity index (χ0v) is 11.0. The maximum atomic E-state index is 8.41. The van der Waals surface area contributed by atoms with Gasteiger partial charge in [0.15, 0.2) is 0 Å². The number of nitrogens with zero attached hydrogens (tertiary/aromatic N) is 1. The average molecular weight is 241 g/mol. The van der Waals surface area contributed by atoms with Crippen LogP contribution < -0.4 is 11.1 Å². The minimum Gasteiger partial charge on any atom is -0.409 e. The van der Waals surface area contributed by atoms with E-state index in [1.54, 1.807) is 0 Å². The molecule has 0 saturated heterocycles. The summed E-state index contributed by atoms with van der Waals surface area (Å²) >= 11 is 0. The van der Waals surface area contributed by atoms with Gasteiger partial charge in [-0.05, 0) is 38.1 Å². The molecule has 4 heteroatoms. The Kier molecular flexibility index (Phi) is 7.01. The van der Waals surface area contributed by atoms with E-state index >= 15 is 0 Å². The Morgan fingerprint density at radius 3 is 2.82 bits per heavy atom. The topological polar surface area (TPSA) is 70.6 Å². The van der Waals surface area contributed by atoms with Crippen LogP contribution in [-0.4, -0.2) is 23.6 Å². The molecule has 4 nitrogen and oxygen atoms in total. The van der Waals surface area contributed by atoms with Crippen LogP contribution in [0.4, 0.5) is 0 Å². The molecule has 0 bridgehead atoms. The zero-order valence-electron chi connectivity index (χ0n) is 11.0. The molecule has 0 amide bonds. The zero-order chi connectivity index (χ0) is 12.5. The van der Waals surface area contributed by atoms with Crippen LogP contribution in [0.15, 0.2) is 5.16 Å². The van der Waals surface area contributed by atoms with Gasteiger partial charge in [-0.1, -0.05) is 31.3 Å². The van der Waals surface area contributed by atoms with E-state index in [-0.39, 0.29) is 0 Å². The van der Waals surface area contributed by atoms with Crippen LogP contribution >= 0.6 is 0 Å². The molecule has 1 rings (SSSR count). The second-order valence-corrected chi connectivity index (χ2v) is 5.06. The molecule has 1 aliphatic carbocycles. The lowest BCUT2D eigenvalue weighted by Gasteiger charge is -2.31. The molecule has 0 aromatic heterocycles. The van der Waals surface area contributed by atoms with E-state index in [0.29, 0.717) is 12.3 Å². The number of rotatable bonds is 7. The van der Waals surface area contributed by atoms with E-state index < -0.39 is 0 Å². The Labute approximate surface area is 105 Å². The van der Waals surface area contributed by atoms with Gasteiger partial charge in [0.25, 0.3) is 0 Å². The van der Waals surface area contributed by atoms with Gasteiger partial charge < -0.3 is 16.3 Å². The normalized spacial score (nSPS) is 26.1. The molecule has 4 N–H and O–H groups in total. The van der Waals surface area contributed by atoms with E-state index in [4.69, 9.17) is 10.9 Å². The van der Waals surface area contributed by atoms with Crippen molar-refractivity contribution in [1.82, 2.24) is 5.32 Å². The van der Waals surface area contributed by atoms with Gasteiger partial charge in [0.2, 0.25) is 0 Å². The lowest BCUT2D eigenvalue weighted by Crippen LogP contribution is -2.38. The largest absolute Gasteiger partial charge is 0.409 e. The third-order valence-electron chi connectivity index (χ3n) is 3.83. The van der Waals surface area contributed by atoms with Crippen molar-refractivity contribution in [3.05, 3.63) is 0 Å². The second-order valence-electron chi connectivity index (χ2n) is 5.06. The van der Waals surface area contributed by atoms with Crippen molar-refractivity contribution < 1.29 is 5.21 Å². The summed E-state index contributed by atoms with van der Waals surface area (Å²) in [6.45, 7) is 3.35. The Morgan fingerprint density at radius 1 is 1.35 bits per heavy atom. The first-order valence-electron chi connectivity index (χ1n) is 6.97. The summed E-state index contributed by atoms with van der Waals surface area (Å²) in [5.74, 6) is 1.21. The van der Waals surface area contributed by atoms with Gasteiger partial charge in [-0.3, -0.25) is 0 Å². The van der Waals surface area contributed by atoms with Crippen molar-refractivity contribution in [3.63, 3.8) is 0 Å². The highest BCUT2D eigenvalue weighted by Gasteiger charge is 2.22. The van der Waals surface area contributed by atoms with Gasteiger partial charge in [0.05, 0.1) is 0 Å². The summed E-state index contributed by atoms with van der Waals surface area (Å²) in [6, 6.07) is 0.720. The third kappa shape index (κ3) is 5.39. The highest BCUT2D eigenvalue weighted by molar-refractivity contribution is 5.79. The molecular weight excluding hydrogens is 214 g/mol. The monoisotopic (exact) mass is 241 g/mol. The highest BCUT2D eigenvalue weighted by atomic mass is 16.4. The van der Waals surface area contributed by atoms with Gasteiger partial charge in [-0.2, -0.15) is 0 Å². The lowest BCUT2D eigenvalue weighted by molar-refractivity contribution is 0.255. The SMILES string of the molecule is CCC1CCCCC1NCCCCC(N)=NO. The van der Waals surface area contributed by atoms with Crippen molar-refractivity contribution >= 4 is 5.84 Å². The first kappa shape index (κ1) is 14.3. The number of nitrogens with two attached hydrogens (primary N) is 1. The average Bonchev–Trinajstić information content (AvgIpc) is 2.38. The molecular formula is C13H27N3O. The second kappa shape index (κ2) is 8.34. The quantitative estimate of drug-likeness (QED) is 0.211. The van der Waals surface area contributed by atoms with Crippen molar-refractivity contribution in [2.45, 2.75) is 64.3 Å². The molecule has 0 spiro atoms. The smallest absolute Gasteiger partial charge is 0.139 e. The fourth-order valence-electron chi connectivity index (χ4n) is 2.73. The van der Waals surface area contributed by atoms with Crippen LogP contribution in [-0.2, 0) is 0 Å². The van der Waals surface area contributed by atoms with Gasteiger partial charge in [0.1, 0.15) is 5.84 Å². The van der Waals surface area contributed by atoms with E-state index in [1.165, 1.54) is 32.1 Å². The molecule has 0 aliphatic heterocycles. The van der Waals surface area contributed by atoms with Crippen LogP contribution in [0.25, 0.3) is 0 Å². The molecule has 2 atom stereocenters. The molecule has 0 radical (unpaired) electrons. The lowest BCUT2D eigenvalue weighted by atomic mass is 9.83. The molecule has 100 valence electrons. The molecule has 2 unspecified atom stereocenters. The number of amidine groups is 1.